The molecule has 3 atom stereocenters. The molecule has 3 aliphatic rings. The number of allylic oxidation sites excluding steroid dienone is 3. The van der Waals surface area contributed by atoms with Crippen molar-refractivity contribution in [2.24, 2.45) is 0 Å². The van der Waals surface area contributed by atoms with E-state index >= 15 is 0 Å². The summed E-state index contributed by atoms with van der Waals surface area (Å²) in [5.41, 5.74) is 13.5. The van der Waals surface area contributed by atoms with Crippen molar-refractivity contribution < 1.29 is 0 Å². The second-order valence-electron chi connectivity index (χ2n) is 14.0. The summed E-state index contributed by atoms with van der Waals surface area (Å²) >= 11 is 0. The molecule has 0 spiro atoms. The number of benzene rings is 6. The van der Waals surface area contributed by atoms with Gasteiger partial charge in [-0.2, -0.15) is 0 Å². The van der Waals surface area contributed by atoms with Crippen LogP contribution in [0, 0.1) is 0 Å². The zero-order chi connectivity index (χ0) is 33.2. The number of anilines is 2. The topological polar surface area (TPSA) is 32.2 Å². The van der Waals surface area contributed by atoms with Gasteiger partial charge in [-0.25, -0.2) is 0 Å². The SMILES string of the molecule is CC1(c2ccccc2)c2cc3c(cc2NC1c1ccccc1)c1ccccc1n3-c1ccc(C2NC3=C(C=CCC3)N2c2ccccc2)cc1. The largest absolute Gasteiger partial charge is 0.377 e. The molecular formula is C46H38N4. The summed E-state index contributed by atoms with van der Waals surface area (Å²) in [5, 5.41) is 10.4. The fourth-order valence-electron chi connectivity index (χ4n) is 8.77. The van der Waals surface area contributed by atoms with Crippen molar-refractivity contribution in [2.75, 3.05) is 10.2 Å². The van der Waals surface area contributed by atoms with Gasteiger partial charge in [-0.05, 0) is 90.6 Å². The lowest BCUT2D eigenvalue weighted by Crippen LogP contribution is -2.30. The smallest absolute Gasteiger partial charge is 0.130 e. The van der Waals surface area contributed by atoms with Gasteiger partial charge in [0.15, 0.2) is 0 Å². The minimum atomic E-state index is -0.271. The van der Waals surface area contributed by atoms with Crippen LogP contribution in [-0.2, 0) is 5.41 Å². The molecule has 242 valence electrons. The molecule has 0 saturated carbocycles. The second-order valence-corrected chi connectivity index (χ2v) is 14.0. The van der Waals surface area contributed by atoms with Gasteiger partial charge in [-0.1, -0.05) is 115 Å². The zero-order valence-corrected chi connectivity index (χ0v) is 28.1. The van der Waals surface area contributed by atoms with E-state index in [0.717, 1.165) is 18.5 Å². The molecule has 3 heterocycles. The van der Waals surface area contributed by atoms with Gasteiger partial charge < -0.3 is 20.1 Å². The van der Waals surface area contributed by atoms with Gasteiger partial charge in [0.05, 0.1) is 22.8 Å². The Kier molecular flexibility index (Phi) is 6.53. The van der Waals surface area contributed by atoms with E-state index in [4.69, 9.17) is 0 Å². The number of aromatic nitrogens is 1. The lowest BCUT2D eigenvalue weighted by molar-refractivity contribution is 0.514. The highest BCUT2D eigenvalue weighted by molar-refractivity contribution is 6.11. The summed E-state index contributed by atoms with van der Waals surface area (Å²) in [6.07, 6.45) is 6.72. The predicted molar refractivity (Wildman–Crippen MR) is 207 cm³/mol. The molecule has 7 aromatic rings. The summed E-state index contributed by atoms with van der Waals surface area (Å²) in [4.78, 5) is 2.45. The first-order valence-corrected chi connectivity index (χ1v) is 17.7. The van der Waals surface area contributed by atoms with E-state index in [-0.39, 0.29) is 17.6 Å². The molecule has 2 aliphatic heterocycles. The summed E-state index contributed by atoms with van der Waals surface area (Å²) in [7, 11) is 0. The number of hydrogen-bond donors (Lipinski definition) is 2. The van der Waals surface area contributed by atoms with Crippen molar-refractivity contribution in [3.63, 3.8) is 0 Å². The van der Waals surface area contributed by atoms with E-state index in [9.17, 15) is 0 Å². The van der Waals surface area contributed by atoms with Gasteiger partial charge in [0.25, 0.3) is 0 Å². The first-order chi connectivity index (χ1) is 24.7. The molecule has 0 fully saturated rings. The van der Waals surface area contributed by atoms with E-state index < -0.39 is 0 Å². The molecule has 2 N–H and O–H groups in total. The summed E-state index contributed by atoms with van der Waals surface area (Å²) in [6, 6.07) is 55.7. The molecular weight excluding hydrogens is 609 g/mol. The Morgan fingerprint density at radius 2 is 1.32 bits per heavy atom. The quantitative estimate of drug-likeness (QED) is 0.195. The van der Waals surface area contributed by atoms with Gasteiger partial charge in [0.2, 0.25) is 0 Å². The Morgan fingerprint density at radius 3 is 2.10 bits per heavy atom. The van der Waals surface area contributed by atoms with Crippen LogP contribution in [0.25, 0.3) is 27.5 Å². The predicted octanol–water partition coefficient (Wildman–Crippen LogP) is 10.9. The normalized spacial score (nSPS) is 20.9. The average molecular weight is 647 g/mol. The third kappa shape index (κ3) is 4.31. The van der Waals surface area contributed by atoms with Crippen molar-refractivity contribution in [3.8, 4) is 5.69 Å². The van der Waals surface area contributed by atoms with Gasteiger partial charge >= 0.3 is 0 Å². The average Bonchev–Trinajstić information content (AvgIpc) is 3.83. The Bertz CT molecular complexity index is 2440. The fourth-order valence-corrected chi connectivity index (χ4v) is 8.77. The molecule has 50 heavy (non-hydrogen) atoms. The lowest BCUT2D eigenvalue weighted by atomic mass is 9.71. The van der Waals surface area contributed by atoms with E-state index in [2.05, 4.69) is 191 Å². The maximum atomic E-state index is 3.99. The number of hydrogen-bond acceptors (Lipinski definition) is 3. The maximum Gasteiger partial charge on any atom is 0.130 e. The highest BCUT2D eigenvalue weighted by Crippen LogP contribution is 2.54. The molecule has 6 aromatic carbocycles. The Hall–Kier alpha value is -6.00. The Balaban J connectivity index is 1.11. The summed E-state index contributed by atoms with van der Waals surface area (Å²) < 4.78 is 2.46. The van der Waals surface area contributed by atoms with E-state index in [0.29, 0.717) is 0 Å². The molecule has 0 amide bonds. The van der Waals surface area contributed by atoms with Crippen LogP contribution in [0.2, 0.25) is 0 Å². The fraction of sp³-hybridized carbons (Fsp3) is 0.130. The Morgan fingerprint density at radius 1 is 0.620 bits per heavy atom. The third-order valence-electron chi connectivity index (χ3n) is 11.2. The molecule has 10 rings (SSSR count). The van der Waals surface area contributed by atoms with Gasteiger partial charge in [-0.3, -0.25) is 0 Å². The van der Waals surface area contributed by atoms with E-state index in [1.807, 2.05) is 0 Å². The summed E-state index contributed by atoms with van der Waals surface area (Å²) in [5.74, 6) is 0. The Labute approximate surface area is 293 Å². The van der Waals surface area contributed by atoms with Crippen LogP contribution in [-0.4, -0.2) is 4.57 Å². The van der Waals surface area contributed by atoms with Crippen LogP contribution >= 0.6 is 0 Å². The number of fused-ring (bicyclic) bond motifs is 4. The van der Waals surface area contributed by atoms with Crippen LogP contribution in [0.15, 0.2) is 175 Å². The summed E-state index contributed by atoms with van der Waals surface area (Å²) in [6.45, 7) is 2.41. The molecule has 4 nitrogen and oxygen atoms in total. The minimum absolute atomic E-state index is 0.0354. The van der Waals surface area contributed by atoms with Gasteiger partial charge in [-0.15, -0.1) is 0 Å². The number of para-hydroxylation sites is 2. The van der Waals surface area contributed by atoms with Crippen molar-refractivity contribution >= 4 is 33.2 Å². The molecule has 4 heteroatoms. The van der Waals surface area contributed by atoms with Crippen LogP contribution < -0.4 is 15.5 Å². The lowest BCUT2D eigenvalue weighted by Gasteiger charge is -2.33. The van der Waals surface area contributed by atoms with Crippen LogP contribution in [0.5, 0.6) is 0 Å². The molecule has 1 aliphatic carbocycles. The minimum Gasteiger partial charge on any atom is -0.377 e. The molecule has 0 bridgehead atoms. The van der Waals surface area contributed by atoms with Crippen LogP contribution in [0.1, 0.15) is 54.2 Å². The highest BCUT2D eigenvalue weighted by Gasteiger charge is 2.45. The van der Waals surface area contributed by atoms with E-state index in [1.165, 1.54) is 66.8 Å². The first-order valence-electron chi connectivity index (χ1n) is 17.7. The van der Waals surface area contributed by atoms with Crippen molar-refractivity contribution in [1.29, 1.82) is 0 Å². The standard InChI is InChI=1S/C46H38N4/c1-46(33-17-7-3-8-18-33)38-30-43-37(29-40(38)47-44(46)31-15-5-2-6-16-31)36-21-11-13-23-41(36)49(43)35-27-25-32(26-28-35)45-48-39-22-12-14-24-42(39)50(45)34-19-9-4-10-20-34/h2-11,13-21,23-30,44-45,47-48H,12,22H2,1H3. The van der Waals surface area contributed by atoms with Gasteiger partial charge in [0.1, 0.15) is 6.17 Å². The molecule has 3 unspecified atom stereocenters. The molecule has 1 aromatic heterocycles. The zero-order valence-electron chi connectivity index (χ0n) is 28.1. The van der Waals surface area contributed by atoms with Crippen LogP contribution in [0.3, 0.4) is 0 Å². The van der Waals surface area contributed by atoms with Crippen molar-refractivity contribution in [1.82, 2.24) is 9.88 Å². The third-order valence-corrected chi connectivity index (χ3v) is 11.2. The molecule has 0 saturated heterocycles. The van der Waals surface area contributed by atoms with E-state index in [1.54, 1.807) is 0 Å². The van der Waals surface area contributed by atoms with Crippen molar-refractivity contribution in [3.05, 3.63) is 197 Å². The van der Waals surface area contributed by atoms with Crippen LogP contribution in [0.4, 0.5) is 11.4 Å². The second kappa shape index (κ2) is 11.3. The number of nitrogens with one attached hydrogen (secondary N) is 2. The maximum absolute atomic E-state index is 3.99. The first kappa shape index (κ1) is 29.0. The highest BCUT2D eigenvalue weighted by atomic mass is 15.3. The van der Waals surface area contributed by atoms with Gasteiger partial charge in [0, 0.05) is 38.9 Å². The number of rotatable bonds is 5. The monoisotopic (exact) mass is 646 g/mol. The van der Waals surface area contributed by atoms with Crippen molar-refractivity contribution in [2.45, 2.75) is 37.4 Å². The molecule has 0 radical (unpaired) electrons. The number of nitrogens with zero attached hydrogens (tertiary/aromatic N) is 2.